The Morgan fingerprint density at radius 2 is 2.21 bits per heavy atom. The van der Waals surface area contributed by atoms with E-state index in [0.717, 1.165) is 12.0 Å². The summed E-state index contributed by atoms with van der Waals surface area (Å²) in [5.41, 5.74) is 2.39. The van der Waals surface area contributed by atoms with Crippen LogP contribution in [0.1, 0.15) is 24.2 Å². The molecule has 0 bridgehead atoms. The predicted molar refractivity (Wildman–Crippen MR) is 57.4 cm³/mol. The van der Waals surface area contributed by atoms with E-state index in [9.17, 15) is 4.79 Å². The number of hydrogen-bond donors (Lipinski definition) is 0. The molecule has 0 saturated carbocycles. The van der Waals surface area contributed by atoms with Gasteiger partial charge in [-0.15, -0.1) is 0 Å². The summed E-state index contributed by atoms with van der Waals surface area (Å²) in [5, 5.41) is 0. The van der Waals surface area contributed by atoms with E-state index in [-0.39, 0.29) is 16.9 Å². The molecule has 2 rings (SSSR count). The van der Waals surface area contributed by atoms with Crippen LogP contribution in [0, 0.1) is 0 Å². The first-order valence-electron chi connectivity index (χ1n) is 4.57. The van der Waals surface area contributed by atoms with Crippen molar-refractivity contribution in [2.75, 3.05) is 0 Å². The zero-order valence-electron chi connectivity index (χ0n) is 7.87. The smallest absolute Gasteiger partial charge is 0.303 e. The summed E-state index contributed by atoms with van der Waals surface area (Å²) in [7, 11) is 0. The molecule has 0 unspecified atom stereocenters. The molecule has 1 aromatic carbocycles. The van der Waals surface area contributed by atoms with Gasteiger partial charge in [-0.1, -0.05) is 40.2 Å². The van der Waals surface area contributed by atoms with Crippen molar-refractivity contribution in [2.45, 2.75) is 24.3 Å². The first-order chi connectivity index (χ1) is 6.68. The third-order valence-corrected chi connectivity index (χ3v) is 3.20. The molecule has 74 valence electrons. The Kier molecular flexibility index (Phi) is 2.59. The Labute approximate surface area is 91.4 Å². The minimum absolute atomic E-state index is 0.122. The first kappa shape index (κ1) is 9.71. The van der Waals surface area contributed by atoms with Crippen molar-refractivity contribution in [1.29, 1.82) is 0 Å². The Hall–Kier alpha value is -0.830. The summed E-state index contributed by atoms with van der Waals surface area (Å²) in [5.74, 6) is -0.226. The van der Waals surface area contributed by atoms with Gasteiger partial charge in [-0.05, 0) is 17.5 Å². The molecular formula is C11H11BrO2. The predicted octanol–water partition coefficient (Wildman–Crippen LogP) is 2.61. The molecule has 0 saturated heterocycles. The zero-order valence-corrected chi connectivity index (χ0v) is 9.45. The molecule has 0 heterocycles. The second kappa shape index (κ2) is 3.73. The van der Waals surface area contributed by atoms with Crippen LogP contribution in [0.3, 0.4) is 0 Å². The molecule has 0 aromatic heterocycles. The Morgan fingerprint density at radius 1 is 1.50 bits per heavy atom. The van der Waals surface area contributed by atoms with Gasteiger partial charge in [0.25, 0.3) is 0 Å². The van der Waals surface area contributed by atoms with Crippen molar-refractivity contribution in [3.63, 3.8) is 0 Å². The number of ether oxygens (including phenoxy) is 1. The summed E-state index contributed by atoms with van der Waals surface area (Å²) in [6.45, 7) is 1.45. The molecule has 0 spiro atoms. The third-order valence-electron chi connectivity index (χ3n) is 2.40. The molecule has 0 fully saturated rings. The van der Waals surface area contributed by atoms with E-state index in [1.807, 2.05) is 18.2 Å². The van der Waals surface area contributed by atoms with E-state index in [1.54, 1.807) is 0 Å². The van der Waals surface area contributed by atoms with Gasteiger partial charge in [0.05, 0.1) is 4.83 Å². The minimum Gasteiger partial charge on any atom is -0.456 e. The molecule has 14 heavy (non-hydrogen) atoms. The average molecular weight is 255 g/mol. The number of halogens is 1. The molecular weight excluding hydrogens is 244 g/mol. The van der Waals surface area contributed by atoms with Crippen LogP contribution in [0.25, 0.3) is 0 Å². The second-order valence-corrected chi connectivity index (χ2v) is 4.63. The van der Waals surface area contributed by atoms with Gasteiger partial charge >= 0.3 is 5.97 Å². The van der Waals surface area contributed by atoms with Gasteiger partial charge in [0.1, 0.15) is 6.10 Å². The molecule has 0 N–H and O–H groups in total. The van der Waals surface area contributed by atoms with Crippen LogP contribution in [0.2, 0.25) is 0 Å². The van der Waals surface area contributed by atoms with E-state index in [2.05, 4.69) is 22.0 Å². The Bertz CT molecular complexity index is 362. The van der Waals surface area contributed by atoms with Crippen molar-refractivity contribution in [2.24, 2.45) is 0 Å². The normalized spacial score (nSPS) is 24.4. The van der Waals surface area contributed by atoms with Gasteiger partial charge in [0, 0.05) is 6.92 Å². The van der Waals surface area contributed by atoms with Crippen LogP contribution in [0.5, 0.6) is 0 Å². The summed E-state index contributed by atoms with van der Waals surface area (Å²) in [6.07, 6.45) is 0.803. The maximum Gasteiger partial charge on any atom is 0.303 e. The average Bonchev–Trinajstić information content (AvgIpc) is 2.43. The van der Waals surface area contributed by atoms with Crippen LogP contribution >= 0.6 is 15.9 Å². The molecule has 0 aliphatic heterocycles. The molecule has 0 radical (unpaired) electrons. The number of fused-ring (bicyclic) bond motifs is 1. The van der Waals surface area contributed by atoms with Gasteiger partial charge in [0.2, 0.25) is 0 Å². The van der Waals surface area contributed by atoms with Gasteiger partial charge in [-0.25, -0.2) is 0 Å². The fraction of sp³-hybridized carbons (Fsp3) is 0.364. The highest BCUT2D eigenvalue weighted by molar-refractivity contribution is 9.09. The summed E-state index contributed by atoms with van der Waals surface area (Å²) in [4.78, 5) is 11.1. The number of carbonyl (C=O) groups excluding carboxylic acids is 1. The fourth-order valence-corrected chi connectivity index (χ4v) is 2.57. The lowest BCUT2D eigenvalue weighted by atomic mass is 10.1. The maximum absolute atomic E-state index is 10.9. The summed E-state index contributed by atoms with van der Waals surface area (Å²) in [6, 6.07) is 8.08. The van der Waals surface area contributed by atoms with Gasteiger partial charge in [-0.3, -0.25) is 4.79 Å². The number of benzene rings is 1. The van der Waals surface area contributed by atoms with Crippen molar-refractivity contribution < 1.29 is 9.53 Å². The van der Waals surface area contributed by atoms with Crippen molar-refractivity contribution in [3.05, 3.63) is 35.4 Å². The molecule has 0 amide bonds. The monoisotopic (exact) mass is 254 g/mol. The lowest BCUT2D eigenvalue weighted by Gasteiger charge is -2.15. The highest BCUT2D eigenvalue weighted by atomic mass is 79.9. The van der Waals surface area contributed by atoms with Crippen LogP contribution in [-0.2, 0) is 16.0 Å². The van der Waals surface area contributed by atoms with Crippen LogP contribution in [0.4, 0.5) is 0 Å². The second-order valence-electron chi connectivity index (χ2n) is 3.45. The molecule has 1 aliphatic rings. The van der Waals surface area contributed by atoms with Crippen molar-refractivity contribution >= 4 is 21.9 Å². The van der Waals surface area contributed by atoms with Crippen LogP contribution in [0.15, 0.2) is 24.3 Å². The van der Waals surface area contributed by atoms with Crippen LogP contribution in [-0.4, -0.2) is 10.8 Å². The zero-order chi connectivity index (χ0) is 10.1. The number of hydrogen-bond acceptors (Lipinski definition) is 2. The number of carbonyl (C=O) groups is 1. The first-order valence-corrected chi connectivity index (χ1v) is 5.49. The van der Waals surface area contributed by atoms with Gasteiger partial charge in [0.15, 0.2) is 0 Å². The molecule has 2 atom stereocenters. The maximum atomic E-state index is 10.9. The van der Waals surface area contributed by atoms with E-state index in [1.165, 1.54) is 12.5 Å². The third kappa shape index (κ3) is 1.69. The fourth-order valence-electron chi connectivity index (χ4n) is 1.83. The minimum atomic E-state index is -0.226. The standard InChI is InChI=1S/C11H11BrO2/c1-7(13)14-11-9-5-3-2-4-8(9)6-10(11)12/h2-5,10-11H,6H2,1H3/t10-,11-/m0/s1. The Balaban J connectivity index is 2.30. The summed E-state index contributed by atoms with van der Waals surface area (Å²) >= 11 is 3.54. The van der Waals surface area contributed by atoms with E-state index < -0.39 is 0 Å². The molecule has 2 nitrogen and oxygen atoms in total. The molecule has 1 aromatic rings. The van der Waals surface area contributed by atoms with Crippen LogP contribution < -0.4 is 0 Å². The highest BCUT2D eigenvalue weighted by Gasteiger charge is 2.32. The van der Waals surface area contributed by atoms with E-state index in [4.69, 9.17) is 4.74 Å². The number of esters is 1. The van der Waals surface area contributed by atoms with Crippen molar-refractivity contribution in [1.82, 2.24) is 0 Å². The van der Waals surface area contributed by atoms with E-state index in [0.29, 0.717) is 0 Å². The number of rotatable bonds is 1. The lowest BCUT2D eigenvalue weighted by Crippen LogP contribution is -2.13. The largest absolute Gasteiger partial charge is 0.456 e. The topological polar surface area (TPSA) is 26.3 Å². The quantitative estimate of drug-likeness (QED) is 0.569. The SMILES string of the molecule is CC(=O)O[C@H]1c2ccccc2C[C@@H]1Br. The van der Waals surface area contributed by atoms with E-state index >= 15 is 0 Å². The summed E-state index contributed by atoms with van der Waals surface area (Å²) < 4.78 is 5.26. The van der Waals surface area contributed by atoms with Gasteiger partial charge in [-0.2, -0.15) is 0 Å². The Morgan fingerprint density at radius 3 is 2.93 bits per heavy atom. The van der Waals surface area contributed by atoms with Gasteiger partial charge < -0.3 is 4.74 Å². The number of alkyl halides is 1. The van der Waals surface area contributed by atoms with Crippen molar-refractivity contribution in [3.8, 4) is 0 Å². The highest BCUT2D eigenvalue weighted by Crippen LogP contribution is 2.38. The molecule has 3 heteroatoms. The lowest BCUT2D eigenvalue weighted by molar-refractivity contribution is -0.146. The molecule has 1 aliphatic carbocycles.